The third kappa shape index (κ3) is 6.30. The number of carbonyl (C=O) groups is 2. The highest BCUT2D eigenvalue weighted by Crippen LogP contribution is 2.30. The number of carbonyl (C=O) groups excluding carboxylic acids is 2. The molecule has 0 spiro atoms. The maximum Gasteiger partial charge on any atom is 0.254 e. The molecule has 1 aromatic rings. The number of amides is 2. The van der Waals surface area contributed by atoms with Gasteiger partial charge in [0.2, 0.25) is 5.91 Å². The summed E-state index contributed by atoms with van der Waals surface area (Å²) in [5.41, 5.74) is 1.97. The monoisotopic (exact) mass is 430 g/mol. The van der Waals surface area contributed by atoms with Crippen molar-refractivity contribution in [3.63, 3.8) is 0 Å². The zero-order valence-corrected chi connectivity index (χ0v) is 19.6. The van der Waals surface area contributed by atoms with Crippen LogP contribution in [-0.4, -0.2) is 73.2 Å². The number of benzene rings is 1. The number of rotatable bonds is 8. The molecule has 6 nitrogen and oxygen atoms in total. The lowest BCUT2D eigenvalue weighted by molar-refractivity contribution is -0.130. The first-order valence-corrected chi connectivity index (χ1v) is 11.7. The van der Waals surface area contributed by atoms with Crippen LogP contribution in [0, 0.1) is 0 Å². The van der Waals surface area contributed by atoms with Gasteiger partial charge in [0.25, 0.3) is 5.91 Å². The van der Waals surface area contributed by atoms with Crippen LogP contribution in [0.3, 0.4) is 0 Å². The third-order valence-corrected chi connectivity index (χ3v) is 6.61. The summed E-state index contributed by atoms with van der Waals surface area (Å²) in [4.78, 5) is 28.3. The number of morpholine rings is 1. The fourth-order valence-electron chi connectivity index (χ4n) is 4.41. The van der Waals surface area contributed by atoms with Crippen LogP contribution < -0.4 is 0 Å². The summed E-state index contributed by atoms with van der Waals surface area (Å²) in [6, 6.07) is 8.08. The van der Waals surface area contributed by atoms with Crippen molar-refractivity contribution in [1.29, 1.82) is 0 Å². The highest BCUT2D eigenvalue weighted by atomic mass is 16.5. The van der Waals surface area contributed by atoms with E-state index in [2.05, 4.69) is 32.9 Å². The predicted molar refractivity (Wildman–Crippen MR) is 121 cm³/mol. The molecule has 0 radical (unpaired) electrons. The Labute approximate surface area is 186 Å². The van der Waals surface area contributed by atoms with Crippen LogP contribution in [0.15, 0.2) is 24.3 Å². The van der Waals surface area contributed by atoms with Gasteiger partial charge in [-0.15, -0.1) is 0 Å². The minimum absolute atomic E-state index is 0.00193. The SMILES string of the molecule is CCC(=O)N1CCC(OC(C)CCC(C)(C)c2ccc(C(=O)N3CCOCC3)cc2)C1. The molecule has 0 N–H and O–H groups in total. The Morgan fingerprint density at radius 1 is 1.13 bits per heavy atom. The van der Waals surface area contributed by atoms with Gasteiger partial charge in [-0.05, 0) is 49.3 Å². The van der Waals surface area contributed by atoms with E-state index in [1.165, 1.54) is 5.56 Å². The molecule has 2 aliphatic rings. The van der Waals surface area contributed by atoms with Crippen molar-refractivity contribution in [3.8, 4) is 0 Å². The van der Waals surface area contributed by atoms with Crippen LogP contribution in [-0.2, 0) is 19.7 Å². The Kier molecular flexibility index (Phi) is 8.11. The number of hydrogen-bond donors (Lipinski definition) is 0. The Morgan fingerprint density at radius 2 is 1.81 bits per heavy atom. The van der Waals surface area contributed by atoms with E-state index in [1.54, 1.807) is 0 Å². The van der Waals surface area contributed by atoms with Gasteiger partial charge in [0.05, 0.1) is 25.4 Å². The lowest BCUT2D eigenvalue weighted by Gasteiger charge is -2.29. The first kappa shape index (κ1) is 23.7. The van der Waals surface area contributed by atoms with Crippen molar-refractivity contribution in [2.75, 3.05) is 39.4 Å². The molecule has 1 aromatic carbocycles. The van der Waals surface area contributed by atoms with Gasteiger partial charge in [-0.3, -0.25) is 9.59 Å². The molecule has 2 aliphatic heterocycles. The summed E-state index contributed by atoms with van der Waals surface area (Å²) in [7, 11) is 0. The van der Waals surface area contributed by atoms with Crippen LogP contribution >= 0.6 is 0 Å². The molecule has 2 amide bonds. The van der Waals surface area contributed by atoms with Crippen molar-refractivity contribution in [1.82, 2.24) is 9.80 Å². The van der Waals surface area contributed by atoms with E-state index in [1.807, 2.05) is 28.9 Å². The van der Waals surface area contributed by atoms with Crippen molar-refractivity contribution in [3.05, 3.63) is 35.4 Å². The van der Waals surface area contributed by atoms with Crippen LogP contribution in [0.5, 0.6) is 0 Å². The molecule has 0 aliphatic carbocycles. The highest BCUT2D eigenvalue weighted by Gasteiger charge is 2.28. The molecule has 2 fully saturated rings. The van der Waals surface area contributed by atoms with E-state index >= 15 is 0 Å². The number of ether oxygens (including phenoxy) is 2. The molecule has 3 rings (SSSR count). The summed E-state index contributed by atoms with van der Waals surface area (Å²) >= 11 is 0. The second kappa shape index (κ2) is 10.6. The quantitative estimate of drug-likeness (QED) is 0.632. The number of nitrogens with zero attached hydrogens (tertiary/aromatic N) is 2. The summed E-state index contributed by atoms with van der Waals surface area (Å²) < 4.78 is 11.6. The topological polar surface area (TPSA) is 59.1 Å². The van der Waals surface area contributed by atoms with E-state index in [0.29, 0.717) is 32.7 Å². The molecule has 0 bridgehead atoms. The van der Waals surface area contributed by atoms with E-state index < -0.39 is 0 Å². The lowest BCUT2D eigenvalue weighted by atomic mass is 9.79. The van der Waals surface area contributed by atoms with Crippen LogP contribution in [0.2, 0.25) is 0 Å². The average Bonchev–Trinajstić information content (AvgIpc) is 3.26. The van der Waals surface area contributed by atoms with Gasteiger partial charge in [0.1, 0.15) is 0 Å². The van der Waals surface area contributed by atoms with Gasteiger partial charge in [0, 0.05) is 38.2 Å². The fourth-order valence-corrected chi connectivity index (χ4v) is 4.41. The smallest absolute Gasteiger partial charge is 0.254 e. The van der Waals surface area contributed by atoms with Gasteiger partial charge in [-0.2, -0.15) is 0 Å². The zero-order chi connectivity index (χ0) is 22.4. The second-order valence-electron chi connectivity index (χ2n) is 9.46. The van der Waals surface area contributed by atoms with E-state index in [0.717, 1.165) is 37.9 Å². The molecule has 172 valence electrons. The maximum atomic E-state index is 12.7. The van der Waals surface area contributed by atoms with Crippen molar-refractivity contribution >= 4 is 11.8 Å². The molecule has 6 heteroatoms. The minimum atomic E-state index is -0.00193. The van der Waals surface area contributed by atoms with Crippen molar-refractivity contribution < 1.29 is 19.1 Å². The number of hydrogen-bond acceptors (Lipinski definition) is 4. The fraction of sp³-hybridized carbons (Fsp3) is 0.680. The first-order valence-electron chi connectivity index (χ1n) is 11.7. The molecule has 0 saturated carbocycles. The van der Waals surface area contributed by atoms with Gasteiger partial charge < -0.3 is 19.3 Å². The Balaban J connectivity index is 1.48. The molecule has 0 aromatic heterocycles. The third-order valence-electron chi connectivity index (χ3n) is 6.61. The van der Waals surface area contributed by atoms with Gasteiger partial charge in [-0.1, -0.05) is 32.9 Å². The molecular formula is C25H38N2O4. The average molecular weight is 431 g/mol. The van der Waals surface area contributed by atoms with E-state index in [-0.39, 0.29) is 29.4 Å². The van der Waals surface area contributed by atoms with Crippen LogP contribution in [0.4, 0.5) is 0 Å². The first-order chi connectivity index (χ1) is 14.8. The minimum Gasteiger partial charge on any atom is -0.378 e. The van der Waals surface area contributed by atoms with Crippen molar-refractivity contribution in [2.45, 2.75) is 71.0 Å². The Morgan fingerprint density at radius 3 is 2.45 bits per heavy atom. The van der Waals surface area contributed by atoms with Crippen LogP contribution in [0.25, 0.3) is 0 Å². The van der Waals surface area contributed by atoms with Crippen molar-refractivity contribution in [2.24, 2.45) is 0 Å². The summed E-state index contributed by atoms with van der Waals surface area (Å²) in [6.07, 6.45) is 3.75. The van der Waals surface area contributed by atoms with Gasteiger partial charge in [0.15, 0.2) is 0 Å². The Hall–Kier alpha value is -1.92. The lowest BCUT2D eigenvalue weighted by Crippen LogP contribution is -2.40. The summed E-state index contributed by atoms with van der Waals surface area (Å²) in [5, 5.41) is 0. The zero-order valence-electron chi connectivity index (χ0n) is 19.6. The van der Waals surface area contributed by atoms with E-state index in [4.69, 9.17) is 9.47 Å². The van der Waals surface area contributed by atoms with E-state index in [9.17, 15) is 9.59 Å². The molecule has 2 heterocycles. The van der Waals surface area contributed by atoms with Gasteiger partial charge >= 0.3 is 0 Å². The molecule has 2 atom stereocenters. The standard InChI is InChI=1S/C25H38N2O4/c1-5-23(28)27-13-11-22(18-27)31-19(2)10-12-25(3,4)21-8-6-20(7-9-21)24(29)26-14-16-30-17-15-26/h6-9,19,22H,5,10-18H2,1-4H3. The largest absolute Gasteiger partial charge is 0.378 e. The predicted octanol–water partition coefficient (Wildman–Crippen LogP) is 3.63. The summed E-state index contributed by atoms with van der Waals surface area (Å²) in [6.45, 7) is 12.6. The Bertz CT molecular complexity index is 740. The van der Waals surface area contributed by atoms with Gasteiger partial charge in [-0.25, -0.2) is 0 Å². The van der Waals surface area contributed by atoms with Crippen LogP contribution in [0.1, 0.15) is 69.3 Å². The molecule has 31 heavy (non-hydrogen) atoms. The maximum absolute atomic E-state index is 12.7. The highest BCUT2D eigenvalue weighted by molar-refractivity contribution is 5.94. The molecule has 2 saturated heterocycles. The molecule has 2 unspecified atom stereocenters. The number of likely N-dealkylation sites (tertiary alicyclic amines) is 1. The second-order valence-corrected chi connectivity index (χ2v) is 9.46. The summed E-state index contributed by atoms with van der Waals surface area (Å²) in [5.74, 6) is 0.303. The molecular weight excluding hydrogens is 392 g/mol. The normalized spacial score (nSPS) is 20.7.